The maximum Gasteiger partial charge on any atom is 0.370 e. The quantitative estimate of drug-likeness (QED) is 0.389. The zero-order chi connectivity index (χ0) is 24.6. The van der Waals surface area contributed by atoms with Crippen LogP contribution < -0.4 is 15.8 Å². The minimum absolute atomic E-state index is 0.0535. The SMILES string of the molecule is O=C(O)C[n+]1ccccc1Cn1c(=O)n(S(=O)(=O)c2ccc(Cl)cc2)c(=O)c2ccc(Cl)cc21. The molecule has 0 aliphatic carbocycles. The van der Waals surface area contributed by atoms with Gasteiger partial charge in [-0.1, -0.05) is 29.3 Å². The summed E-state index contributed by atoms with van der Waals surface area (Å²) < 4.78 is 29.3. The van der Waals surface area contributed by atoms with Crippen molar-refractivity contribution in [3.8, 4) is 0 Å². The van der Waals surface area contributed by atoms with E-state index in [2.05, 4.69) is 0 Å². The normalized spacial score (nSPS) is 11.6. The third-order valence-corrected chi connectivity index (χ3v) is 7.24. The zero-order valence-electron chi connectivity index (χ0n) is 17.3. The molecule has 1 N–H and O–H groups in total. The van der Waals surface area contributed by atoms with Crippen LogP contribution in [0.15, 0.2) is 81.3 Å². The molecule has 0 atom stereocenters. The monoisotopic (exact) mass is 520 g/mol. The van der Waals surface area contributed by atoms with Gasteiger partial charge in [-0.2, -0.15) is 4.57 Å². The molecule has 2 heterocycles. The van der Waals surface area contributed by atoms with Crippen molar-refractivity contribution in [1.29, 1.82) is 0 Å². The maximum atomic E-state index is 13.5. The van der Waals surface area contributed by atoms with Crippen LogP contribution in [-0.2, 0) is 27.9 Å². The highest BCUT2D eigenvalue weighted by atomic mass is 35.5. The Kier molecular flexibility index (Phi) is 6.30. The first-order valence-corrected chi connectivity index (χ1v) is 11.9. The molecule has 0 saturated heterocycles. The van der Waals surface area contributed by atoms with Crippen molar-refractivity contribution < 1.29 is 22.9 Å². The van der Waals surface area contributed by atoms with Crippen LogP contribution in [0.1, 0.15) is 5.69 Å². The molecule has 0 aliphatic heterocycles. The Morgan fingerprint density at radius 2 is 1.65 bits per heavy atom. The molecule has 0 saturated carbocycles. The molecular weight excluding hydrogens is 505 g/mol. The van der Waals surface area contributed by atoms with Crippen molar-refractivity contribution >= 4 is 50.1 Å². The molecule has 4 aromatic rings. The summed E-state index contributed by atoms with van der Waals surface area (Å²) in [4.78, 5) is 37.6. The summed E-state index contributed by atoms with van der Waals surface area (Å²) in [5, 5.41) is 9.67. The van der Waals surface area contributed by atoms with Crippen LogP contribution in [0, 0.1) is 0 Å². The summed E-state index contributed by atoms with van der Waals surface area (Å²) in [6, 6.07) is 14.0. The zero-order valence-corrected chi connectivity index (χ0v) is 19.6. The lowest BCUT2D eigenvalue weighted by Crippen LogP contribution is -2.46. The first kappa shape index (κ1) is 23.7. The van der Waals surface area contributed by atoms with Crippen LogP contribution >= 0.6 is 23.2 Å². The average molecular weight is 521 g/mol. The Hall–Kier alpha value is -3.47. The molecule has 9 nitrogen and oxygen atoms in total. The largest absolute Gasteiger partial charge is 0.477 e. The first-order valence-electron chi connectivity index (χ1n) is 9.75. The van der Waals surface area contributed by atoms with E-state index >= 15 is 0 Å². The van der Waals surface area contributed by atoms with Crippen LogP contribution in [-0.4, -0.2) is 28.0 Å². The molecule has 0 amide bonds. The molecule has 0 bridgehead atoms. The van der Waals surface area contributed by atoms with E-state index in [9.17, 15) is 27.9 Å². The number of benzene rings is 2. The number of carbonyl (C=O) groups is 1. The van der Waals surface area contributed by atoms with Gasteiger partial charge in [0.05, 0.1) is 15.8 Å². The van der Waals surface area contributed by atoms with E-state index in [1.54, 1.807) is 18.2 Å². The predicted molar refractivity (Wildman–Crippen MR) is 125 cm³/mol. The number of aliphatic carboxylic acids is 1. The van der Waals surface area contributed by atoms with E-state index in [4.69, 9.17) is 23.2 Å². The second kappa shape index (κ2) is 9.05. The second-order valence-electron chi connectivity index (χ2n) is 7.27. The number of hydrogen-bond donors (Lipinski definition) is 1. The van der Waals surface area contributed by atoms with Gasteiger partial charge in [0.2, 0.25) is 12.2 Å². The number of carboxylic acids is 1. The van der Waals surface area contributed by atoms with Crippen molar-refractivity contribution in [3.05, 3.63) is 103 Å². The molecule has 0 radical (unpaired) electrons. The molecule has 4 rings (SSSR count). The van der Waals surface area contributed by atoms with Gasteiger partial charge in [0, 0.05) is 22.2 Å². The third-order valence-electron chi connectivity index (χ3n) is 5.08. The molecule has 2 aromatic heterocycles. The third kappa shape index (κ3) is 4.35. The Morgan fingerprint density at radius 1 is 0.971 bits per heavy atom. The van der Waals surface area contributed by atoms with Gasteiger partial charge < -0.3 is 5.11 Å². The fourth-order valence-electron chi connectivity index (χ4n) is 3.51. The van der Waals surface area contributed by atoms with E-state index in [1.807, 2.05) is 0 Å². The van der Waals surface area contributed by atoms with Crippen molar-refractivity contribution in [2.75, 3.05) is 0 Å². The van der Waals surface area contributed by atoms with Crippen molar-refractivity contribution in [3.63, 3.8) is 0 Å². The fraction of sp³-hybridized carbons (Fsp3) is 0.0909. The second-order valence-corrected chi connectivity index (χ2v) is 9.93. The molecule has 2 aromatic carbocycles. The Balaban J connectivity index is 2.03. The fourth-order valence-corrected chi connectivity index (χ4v) is 5.12. The Morgan fingerprint density at radius 3 is 2.32 bits per heavy atom. The summed E-state index contributed by atoms with van der Waals surface area (Å²) in [6.45, 7) is -0.605. The molecule has 0 aliphatic rings. The molecule has 0 spiro atoms. The Labute approximate surface area is 202 Å². The molecule has 174 valence electrons. The summed E-state index contributed by atoms with van der Waals surface area (Å²) >= 11 is 11.9. The number of hydrogen-bond acceptors (Lipinski definition) is 5. The van der Waals surface area contributed by atoms with Gasteiger partial charge in [0.1, 0.15) is 6.54 Å². The maximum absolute atomic E-state index is 13.5. The highest BCUT2D eigenvalue weighted by molar-refractivity contribution is 7.90. The van der Waals surface area contributed by atoms with Gasteiger partial charge in [0.15, 0.2) is 6.20 Å². The average Bonchev–Trinajstić information content (AvgIpc) is 2.77. The highest BCUT2D eigenvalue weighted by Gasteiger charge is 2.26. The predicted octanol–water partition coefficient (Wildman–Crippen LogP) is 2.13. The van der Waals surface area contributed by atoms with Crippen molar-refractivity contribution in [1.82, 2.24) is 8.54 Å². The van der Waals surface area contributed by atoms with Crippen LogP contribution in [0.25, 0.3) is 10.9 Å². The lowest BCUT2D eigenvalue weighted by molar-refractivity contribution is -0.693. The number of pyridine rings is 1. The van der Waals surface area contributed by atoms with E-state index in [1.165, 1.54) is 53.2 Å². The number of halogens is 2. The Bertz CT molecular complexity index is 1660. The molecule has 34 heavy (non-hydrogen) atoms. The summed E-state index contributed by atoms with van der Waals surface area (Å²) in [5.74, 6) is -1.10. The van der Waals surface area contributed by atoms with Crippen LogP contribution in [0.5, 0.6) is 0 Å². The van der Waals surface area contributed by atoms with E-state index < -0.39 is 27.2 Å². The van der Waals surface area contributed by atoms with Crippen molar-refractivity contribution in [2.24, 2.45) is 0 Å². The summed E-state index contributed by atoms with van der Waals surface area (Å²) in [7, 11) is -4.58. The first-order chi connectivity index (χ1) is 16.1. The van der Waals surface area contributed by atoms with Gasteiger partial charge in [-0.25, -0.2) is 18.0 Å². The van der Waals surface area contributed by atoms with Crippen LogP contribution in [0.3, 0.4) is 0 Å². The minimum Gasteiger partial charge on any atom is -0.477 e. The van der Waals surface area contributed by atoms with Gasteiger partial charge in [-0.3, -0.25) is 9.36 Å². The molecule has 12 heteroatoms. The van der Waals surface area contributed by atoms with Gasteiger partial charge in [-0.15, -0.1) is 3.97 Å². The lowest BCUT2D eigenvalue weighted by Gasteiger charge is -2.14. The minimum atomic E-state index is -4.58. The van der Waals surface area contributed by atoms with E-state index in [0.717, 1.165) is 4.57 Å². The number of nitrogens with zero attached hydrogens (tertiary/aromatic N) is 3. The van der Waals surface area contributed by atoms with E-state index in [0.29, 0.717) is 5.69 Å². The van der Waals surface area contributed by atoms with Gasteiger partial charge >= 0.3 is 11.7 Å². The van der Waals surface area contributed by atoms with Gasteiger partial charge in [-0.05, 0) is 42.5 Å². The smallest absolute Gasteiger partial charge is 0.370 e. The number of rotatable bonds is 6. The molecule has 0 unspecified atom stereocenters. The molecular formula is C22H16Cl2N3O6S+. The number of aromatic nitrogens is 3. The lowest BCUT2D eigenvalue weighted by atomic mass is 10.2. The molecule has 0 fully saturated rings. The van der Waals surface area contributed by atoms with Crippen LogP contribution in [0.4, 0.5) is 0 Å². The summed E-state index contributed by atoms with van der Waals surface area (Å²) in [5.41, 5.74) is -1.66. The number of carboxylic acid groups (broad SMARTS) is 1. The standard InChI is InChI=1S/C22H15Cl2N3O6S/c23-14-4-7-17(8-5-14)34(32,33)27-21(30)18-9-6-15(24)11-19(18)26(22(27)31)12-16-3-1-2-10-25(16)13-20(28)29/h1-11H,12-13H2/p+1. The number of fused-ring (bicyclic) bond motifs is 1. The van der Waals surface area contributed by atoms with Crippen molar-refractivity contribution in [2.45, 2.75) is 18.0 Å². The van der Waals surface area contributed by atoms with E-state index in [-0.39, 0.29) is 42.9 Å². The highest BCUT2D eigenvalue weighted by Crippen LogP contribution is 2.19. The topological polar surface area (TPSA) is 119 Å². The van der Waals surface area contributed by atoms with Gasteiger partial charge in [0.25, 0.3) is 15.6 Å². The van der Waals surface area contributed by atoms with Crippen LogP contribution in [0.2, 0.25) is 10.0 Å². The summed E-state index contributed by atoms with van der Waals surface area (Å²) in [6.07, 6.45) is 1.52.